The fourth-order valence-corrected chi connectivity index (χ4v) is 4.77. The van der Waals surface area contributed by atoms with Gasteiger partial charge in [0.05, 0.1) is 12.2 Å². The number of carbonyl (C=O) groups excluding carboxylic acids is 1. The molecule has 2 amide bonds. The van der Waals surface area contributed by atoms with Gasteiger partial charge in [0.15, 0.2) is 0 Å². The highest BCUT2D eigenvalue weighted by Gasteiger charge is 2.53. The van der Waals surface area contributed by atoms with E-state index in [1.165, 1.54) is 18.4 Å². The Balaban J connectivity index is 1.30. The van der Waals surface area contributed by atoms with Gasteiger partial charge in [0.1, 0.15) is 0 Å². The van der Waals surface area contributed by atoms with E-state index in [-0.39, 0.29) is 6.03 Å². The third-order valence-corrected chi connectivity index (χ3v) is 6.27. The molecular formula is C20H29N3O2. The van der Waals surface area contributed by atoms with Crippen LogP contribution in [-0.4, -0.2) is 67.8 Å². The molecule has 3 fully saturated rings. The van der Waals surface area contributed by atoms with Gasteiger partial charge in [0, 0.05) is 37.5 Å². The number of rotatable bonds is 5. The fourth-order valence-electron chi connectivity index (χ4n) is 4.77. The van der Waals surface area contributed by atoms with E-state index < -0.39 is 0 Å². The summed E-state index contributed by atoms with van der Waals surface area (Å²) in [6, 6.07) is 10.9. The number of urea groups is 1. The van der Waals surface area contributed by atoms with Gasteiger partial charge in [-0.15, -0.1) is 0 Å². The van der Waals surface area contributed by atoms with Gasteiger partial charge in [-0.3, -0.25) is 0 Å². The zero-order valence-electron chi connectivity index (χ0n) is 15.2. The standard InChI is InChI=1S/C20H29N3O2/c1-22(2)15(10-14-6-4-3-5-7-14)11-21-20(24)23-12-16-17(13-23)19-9-8-18(16)25-19/h3-7,15-19H,8-13H2,1-2H3,(H,21,24)/t15-,16-,17+,18+,19+/m0/s1. The molecule has 0 spiro atoms. The maximum Gasteiger partial charge on any atom is 0.317 e. The zero-order chi connectivity index (χ0) is 17.4. The lowest BCUT2D eigenvalue weighted by atomic mass is 9.82. The number of nitrogens with one attached hydrogen (secondary N) is 1. The molecule has 0 unspecified atom stereocenters. The first-order valence-corrected chi connectivity index (χ1v) is 9.50. The molecule has 1 aromatic rings. The molecule has 0 radical (unpaired) electrons. The summed E-state index contributed by atoms with van der Waals surface area (Å²) in [5.74, 6) is 1.14. The Labute approximate surface area is 150 Å². The van der Waals surface area contributed by atoms with Crippen LogP contribution in [0.2, 0.25) is 0 Å². The Morgan fingerprint density at radius 1 is 1.20 bits per heavy atom. The number of hydrogen-bond acceptors (Lipinski definition) is 3. The van der Waals surface area contributed by atoms with Crippen LogP contribution in [0, 0.1) is 11.8 Å². The summed E-state index contributed by atoms with van der Waals surface area (Å²) in [6.45, 7) is 2.40. The SMILES string of the molecule is CN(C)[C@H](CNC(=O)N1C[C@@H]2[C@H](C1)[C@H]1CC[C@H]2O1)Cc1ccccc1. The highest BCUT2D eigenvalue weighted by Crippen LogP contribution is 2.47. The molecule has 4 rings (SSSR count). The minimum absolute atomic E-state index is 0.0914. The van der Waals surface area contributed by atoms with E-state index >= 15 is 0 Å². The highest BCUT2D eigenvalue weighted by atomic mass is 16.5. The Morgan fingerprint density at radius 3 is 2.44 bits per heavy atom. The van der Waals surface area contributed by atoms with Gasteiger partial charge >= 0.3 is 6.03 Å². The second kappa shape index (κ2) is 6.96. The Morgan fingerprint density at radius 2 is 1.84 bits per heavy atom. The lowest BCUT2D eigenvalue weighted by Gasteiger charge is -2.26. The topological polar surface area (TPSA) is 44.8 Å². The van der Waals surface area contributed by atoms with Crippen molar-refractivity contribution in [2.45, 2.75) is 37.5 Å². The van der Waals surface area contributed by atoms with Crippen LogP contribution in [0.15, 0.2) is 30.3 Å². The summed E-state index contributed by atoms with van der Waals surface area (Å²) in [5, 5.41) is 3.17. The van der Waals surface area contributed by atoms with Crippen molar-refractivity contribution in [3.8, 4) is 0 Å². The minimum atomic E-state index is 0.0914. The van der Waals surface area contributed by atoms with Gasteiger partial charge < -0.3 is 19.9 Å². The molecule has 5 heteroatoms. The number of likely N-dealkylation sites (N-methyl/N-ethyl adjacent to an activating group) is 1. The van der Waals surface area contributed by atoms with Crippen LogP contribution in [0.4, 0.5) is 4.79 Å². The van der Waals surface area contributed by atoms with Crippen molar-refractivity contribution < 1.29 is 9.53 Å². The first-order chi connectivity index (χ1) is 12.1. The van der Waals surface area contributed by atoms with Crippen LogP contribution in [0.3, 0.4) is 0 Å². The molecule has 1 aromatic carbocycles. The van der Waals surface area contributed by atoms with Gasteiger partial charge in [-0.25, -0.2) is 4.79 Å². The molecular weight excluding hydrogens is 314 g/mol. The molecule has 0 aromatic heterocycles. The van der Waals surface area contributed by atoms with Crippen molar-refractivity contribution in [3.05, 3.63) is 35.9 Å². The average molecular weight is 343 g/mol. The molecule has 3 saturated heterocycles. The number of likely N-dealkylation sites (tertiary alicyclic amines) is 1. The minimum Gasteiger partial charge on any atom is -0.374 e. The lowest BCUT2D eigenvalue weighted by molar-refractivity contribution is 0.0738. The fraction of sp³-hybridized carbons (Fsp3) is 0.650. The second-order valence-electron chi connectivity index (χ2n) is 8.02. The molecule has 3 aliphatic rings. The van der Waals surface area contributed by atoms with E-state index in [4.69, 9.17) is 4.74 Å². The van der Waals surface area contributed by atoms with Crippen molar-refractivity contribution in [1.82, 2.24) is 15.1 Å². The summed E-state index contributed by atoms with van der Waals surface area (Å²) in [4.78, 5) is 16.9. The Kier molecular flexibility index (Phi) is 4.69. The maximum absolute atomic E-state index is 12.6. The number of amides is 2. The van der Waals surface area contributed by atoms with Crippen LogP contribution >= 0.6 is 0 Å². The summed E-state index contributed by atoms with van der Waals surface area (Å²) in [6.07, 6.45) is 4.11. The predicted octanol–water partition coefficient (Wildman–Crippen LogP) is 1.98. The first-order valence-electron chi connectivity index (χ1n) is 9.50. The van der Waals surface area contributed by atoms with Crippen molar-refractivity contribution in [1.29, 1.82) is 0 Å². The largest absolute Gasteiger partial charge is 0.374 e. The van der Waals surface area contributed by atoms with E-state index in [0.29, 0.717) is 36.6 Å². The van der Waals surface area contributed by atoms with Crippen LogP contribution in [-0.2, 0) is 11.2 Å². The van der Waals surface area contributed by atoms with Crippen LogP contribution in [0.25, 0.3) is 0 Å². The molecule has 5 atom stereocenters. The smallest absolute Gasteiger partial charge is 0.317 e. The first kappa shape index (κ1) is 16.9. The Bertz CT molecular complexity index is 588. The predicted molar refractivity (Wildman–Crippen MR) is 97.5 cm³/mol. The zero-order valence-corrected chi connectivity index (χ0v) is 15.2. The monoisotopic (exact) mass is 343 g/mol. The van der Waals surface area contributed by atoms with Crippen molar-refractivity contribution >= 4 is 6.03 Å². The van der Waals surface area contributed by atoms with Gasteiger partial charge in [-0.1, -0.05) is 30.3 Å². The normalized spacial score (nSPS) is 31.4. The average Bonchev–Trinajstić information content (AvgIpc) is 3.31. The number of ether oxygens (including phenoxy) is 1. The summed E-state index contributed by atoms with van der Waals surface area (Å²) in [5.41, 5.74) is 1.31. The van der Waals surface area contributed by atoms with Crippen LogP contribution in [0.5, 0.6) is 0 Å². The van der Waals surface area contributed by atoms with E-state index in [1.807, 2.05) is 11.0 Å². The molecule has 3 aliphatic heterocycles. The molecule has 3 heterocycles. The molecule has 2 bridgehead atoms. The van der Waals surface area contributed by atoms with Crippen LogP contribution in [0.1, 0.15) is 18.4 Å². The number of carbonyl (C=O) groups is 1. The molecule has 136 valence electrons. The third-order valence-electron chi connectivity index (χ3n) is 6.27. The molecule has 0 saturated carbocycles. The highest BCUT2D eigenvalue weighted by molar-refractivity contribution is 5.74. The van der Waals surface area contributed by atoms with Crippen LogP contribution < -0.4 is 5.32 Å². The van der Waals surface area contributed by atoms with Crippen molar-refractivity contribution in [3.63, 3.8) is 0 Å². The third kappa shape index (κ3) is 3.40. The van der Waals surface area contributed by atoms with Gasteiger partial charge in [0.25, 0.3) is 0 Å². The molecule has 0 aliphatic carbocycles. The molecule has 25 heavy (non-hydrogen) atoms. The van der Waals surface area contributed by atoms with Gasteiger partial charge in [-0.2, -0.15) is 0 Å². The van der Waals surface area contributed by atoms with Gasteiger partial charge in [0.2, 0.25) is 0 Å². The molecule has 1 N–H and O–H groups in total. The Hall–Kier alpha value is -1.59. The summed E-state index contributed by atoms with van der Waals surface area (Å²) in [7, 11) is 4.16. The van der Waals surface area contributed by atoms with E-state index in [9.17, 15) is 4.79 Å². The van der Waals surface area contributed by atoms with Crippen molar-refractivity contribution in [2.75, 3.05) is 33.7 Å². The molecule has 5 nitrogen and oxygen atoms in total. The number of benzene rings is 1. The number of fused-ring (bicyclic) bond motifs is 5. The summed E-state index contributed by atoms with van der Waals surface area (Å²) >= 11 is 0. The maximum atomic E-state index is 12.6. The second-order valence-corrected chi connectivity index (χ2v) is 8.02. The van der Waals surface area contributed by atoms with E-state index in [0.717, 1.165) is 19.5 Å². The van der Waals surface area contributed by atoms with E-state index in [2.05, 4.69) is 48.6 Å². The van der Waals surface area contributed by atoms with E-state index in [1.54, 1.807) is 0 Å². The quantitative estimate of drug-likeness (QED) is 0.889. The summed E-state index contributed by atoms with van der Waals surface area (Å²) < 4.78 is 6.00. The number of hydrogen-bond donors (Lipinski definition) is 1. The van der Waals surface area contributed by atoms with Gasteiger partial charge in [-0.05, 0) is 38.9 Å². The lowest BCUT2D eigenvalue weighted by Crippen LogP contribution is -2.46. The van der Waals surface area contributed by atoms with Crippen molar-refractivity contribution in [2.24, 2.45) is 11.8 Å². The number of nitrogens with zero attached hydrogens (tertiary/aromatic N) is 2.